The molecule has 5 nitrogen and oxygen atoms in total. The van der Waals surface area contributed by atoms with Gasteiger partial charge in [-0.2, -0.15) is 0 Å². The summed E-state index contributed by atoms with van der Waals surface area (Å²) in [7, 11) is 0. The van der Waals surface area contributed by atoms with Crippen LogP contribution in [0.1, 0.15) is 35.8 Å². The van der Waals surface area contributed by atoms with Gasteiger partial charge in [0.05, 0.1) is 4.43 Å². The second-order valence-electron chi connectivity index (χ2n) is 4.19. The van der Waals surface area contributed by atoms with Crippen LogP contribution in [-0.2, 0) is 0 Å². The van der Waals surface area contributed by atoms with Gasteiger partial charge in [-0.15, -0.1) is 0 Å². The molecule has 2 aromatic rings. The van der Waals surface area contributed by atoms with Crippen LogP contribution in [0.15, 0.2) is 24.4 Å². The van der Waals surface area contributed by atoms with Crippen molar-refractivity contribution in [3.8, 4) is 0 Å². The summed E-state index contributed by atoms with van der Waals surface area (Å²) in [5.41, 5.74) is 1.26. The van der Waals surface area contributed by atoms with Crippen LogP contribution in [0.5, 0.6) is 0 Å². The van der Waals surface area contributed by atoms with Crippen molar-refractivity contribution in [3.05, 3.63) is 45.8 Å². The lowest BCUT2D eigenvalue weighted by atomic mass is 10.0. The predicted molar refractivity (Wildman–Crippen MR) is 63.5 cm³/mol. The number of fused-ring (bicyclic) bond motifs is 1. The first kappa shape index (κ1) is 11.3. The fourth-order valence-corrected chi connectivity index (χ4v) is 1.71. The average Bonchev–Trinajstić information content (AvgIpc) is 2.33. The standard InChI is InChI=1S/C12H12N2O3/c1-8(2)9-3-4-11-12(5-9)13(16)6-10(7-15)14(11)17/h3-8H,1-2H3. The van der Waals surface area contributed by atoms with Gasteiger partial charge in [0.2, 0.25) is 0 Å². The second kappa shape index (κ2) is 4.01. The number of aldehydes is 1. The molecular weight excluding hydrogens is 220 g/mol. The first-order chi connectivity index (χ1) is 8.04. The Morgan fingerprint density at radius 1 is 1.41 bits per heavy atom. The van der Waals surface area contributed by atoms with E-state index in [0.29, 0.717) is 15.4 Å². The van der Waals surface area contributed by atoms with Crippen molar-refractivity contribution in [2.75, 3.05) is 0 Å². The molecule has 0 bridgehead atoms. The number of benzene rings is 1. The topological polar surface area (TPSA) is 68.0 Å². The summed E-state index contributed by atoms with van der Waals surface area (Å²) in [6.45, 7) is 4.00. The van der Waals surface area contributed by atoms with Gasteiger partial charge in [-0.1, -0.05) is 19.9 Å². The quantitative estimate of drug-likeness (QED) is 0.586. The maximum Gasteiger partial charge on any atom is 0.286 e. The normalized spacial score (nSPS) is 11.0. The van der Waals surface area contributed by atoms with Gasteiger partial charge in [-0.25, -0.2) is 0 Å². The van der Waals surface area contributed by atoms with Crippen molar-refractivity contribution in [1.29, 1.82) is 0 Å². The first-order valence-electron chi connectivity index (χ1n) is 5.29. The fourth-order valence-electron chi connectivity index (χ4n) is 1.71. The maximum atomic E-state index is 11.7. The SMILES string of the molecule is CC(C)c1ccc2c(c1)[n+](=O)cc(C=O)n2[O-]. The second-order valence-corrected chi connectivity index (χ2v) is 4.19. The van der Waals surface area contributed by atoms with Crippen molar-refractivity contribution in [1.82, 2.24) is 4.73 Å². The van der Waals surface area contributed by atoms with E-state index in [1.165, 1.54) is 0 Å². The Labute approximate surface area is 97.5 Å². The van der Waals surface area contributed by atoms with E-state index >= 15 is 0 Å². The molecule has 0 unspecified atom stereocenters. The molecule has 0 N–H and O–H groups in total. The minimum Gasteiger partial charge on any atom is -0.805 e. The third kappa shape index (κ3) is 1.80. The Morgan fingerprint density at radius 2 is 2.12 bits per heavy atom. The van der Waals surface area contributed by atoms with E-state index in [0.717, 1.165) is 11.8 Å². The molecule has 88 valence electrons. The van der Waals surface area contributed by atoms with Crippen LogP contribution in [0.2, 0.25) is 0 Å². The Kier molecular flexibility index (Phi) is 2.67. The van der Waals surface area contributed by atoms with Crippen molar-refractivity contribution in [2.45, 2.75) is 19.8 Å². The first-order valence-corrected chi connectivity index (χ1v) is 5.29. The van der Waals surface area contributed by atoms with Crippen LogP contribution < -0.4 is 4.43 Å². The van der Waals surface area contributed by atoms with Gasteiger partial charge in [0.15, 0.2) is 6.29 Å². The van der Waals surface area contributed by atoms with E-state index in [2.05, 4.69) is 0 Å². The number of hydrogen-bond acceptors (Lipinski definition) is 3. The minimum atomic E-state index is -0.190. The van der Waals surface area contributed by atoms with Gasteiger partial charge in [-0.3, -0.25) is 4.79 Å². The minimum absolute atomic E-state index is 0.190. The lowest BCUT2D eigenvalue weighted by Gasteiger charge is -2.14. The molecule has 0 aliphatic carbocycles. The third-order valence-corrected chi connectivity index (χ3v) is 2.73. The smallest absolute Gasteiger partial charge is 0.286 e. The van der Waals surface area contributed by atoms with Crippen LogP contribution in [0.3, 0.4) is 0 Å². The largest absolute Gasteiger partial charge is 0.805 e. The van der Waals surface area contributed by atoms with E-state index in [1.54, 1.807) is 18.2 Å². The molecule has 0 saturated carbocycles. The van der Waals surface area contributed by atoms with Gasteiger partial charge in [0.25, 0.3) is 11.7 Å². The zero-order valence-electron chi connectivity index (χ0n) is 9.58. The van der Waals surface area contributed by atoms with Crippen LogP contribution in [0.4, 0.5) is 0 Å². The number of carbonyl (C=O) groups is 1. The molecule has 2 rings (SSSR count). The van der Waals surface area contributed by atoms with E-state index in [4.69, 9.17) is 0 Å². The number of rotatable bonds is 2. The molecule has 0 fully saturated rings. The Bertz CT molecular complexity index is 644. The summed E-state index contributed by atoms with van der Waals surface area (Å²) >= 11 is 0. The van der Waals surface area contributed by atoms with E-state index in [9.17, 15) is 14.9 Å². The Morgan fingerprint density at radius 3 is 2.71 bits per heavy atom. The van der Waals surface area contributed by atoms with Gasteiger partial charge in [0.1, 0.15) is 11.2 Å². The summed E-state index contributed by atoms with van der Waals surface area (Å²) < 4.78 is 1.03. The van der Waals surface area contributed by atoms with Crippen molar-refractivity contribution in [3.63, 3.8) is 0 Å². The molecule has 0 amide bonds. The van der Waals surface area contributed by atoms with Crippen LogP contribution in [0.25, 0.3) is 11.0 Å². The van der Waals surface area contributed by atoms with Crippen LogP contribution in [-0.4, -0.2) is 11.0 Å². The molecule has 0 aliphatic rings. The van der Waals surface area contributed by atoms with E-state index in [-0.39, 0.29) is 22.6 Å². The third-order valence-electron chi connectivity index (χ3n) is 2.73. The molecule has 0 atom stereocenters. The number of carbonyl (C=O) groups excluding carboxylic acids is 1. The summed E-state index contributed by atoms with van der Waals surface area (Å²) in [5.74, 6) is 0.269. The molecule has 17 heavy (non-hydrogen) atoms. The molecule has 1 aromatic heterocycles. The molecule has 0 aliphatic heterocycles. The van der Waals surface area contributed by atoms with Gasteiger partial charge >= 0.3 is 0 Å². The van der Waals surface area contributed by atoms with Crippen molar-refractivity contribution < 1.29 is 9.22 Å². The predicted octanol–water partition coefficient (Wildman–Crippen LogP) is 1.84. The van der Waals surface area contributed by atoms with Gasteiger partial charge < -0.3 is 9.94 Å². The van der Waals surface area contributed by atoms with Crippen LogP contribution in [0, 0.1) is 10.1 Å². The molecule has 1 heterocycles. The molecule has 0 spiro atoms. The van der Waals surface area contributed by atoms with Crippen molar-refractivity contribution in [2.24, 2.45) is 0 Å². The molecule has 5 heteroatoms. The molecular formula is C12H12N2O3. The Hall–Kier alpha value is -2.17. The highest BCUT2D eigenvalue weighted by molar-refractivity contribution is 5.79. The van der Waals surface area contributed by atoms with Crippen LogP contribution >= 0.6 is 0 Å². The number of nitrogens with zero attached hydrogens (tertiary/aromatic N) is 2. The lowest BCUT2D eigenvalue weighted by molar-refractivity contribution is -0.464. The number of aromatic nitrogens is 2. The fraction of sp³-hybridized carbons (Fsp3) is 0.250. The monoisotopic (exact) mass is 232 g/mol. The summed E-state index contributed by atoms with van der Waals surface area (Å²) in [5, 5.41) is 11.7. The summed E-state index contributed by atoms with van der Waals surface area (Å²) in [6.07, 6.45) is 1.36. The highest BCUT2D eigenvalue weighted by atomic mass is 16.5. The summed E-state index contributed by atoms with van der Waals surface area (Å²) in [4.78, 5) is 22.3. The van der Waals surface area contributed by atoms with Gasteiger partial charge in [-0.05, 0) is 17.5 Å². The highest BCUT2D eigenvalue weighted by Gasteiger charge is 2.13. The van der Waals surface area contributed by atoms with E-state index < -0.39 is 0 Å². The Balaban J connectivity index is 2.85. The van der Waals surface area contributed by atoms with Crippen molar-refractivity contribution >= 4 is 17.3 Å². The molecule has 0 radical (unpaired) electrons. The molecule has 0 saturated heterocycles. The van der Waals surface area contributed by atoms with E-state index in [1.807, 2.05) is 13.8 Å². The lowest BCUT2D eigenvalue weighted by Crippen LogP contribution is -2.20. The molecule has 1 aromatic carbocycles. The zero-order valence-corrected chi connectivity index (χ0v) is 9.58. The highest BCUT2D eigenvalue weighted by Crippen LogP contribution is 2.19. The average molecular weight is 232 g/mol. The maximum absolute atomic E-state index is 11.7. The number of hydrogen-bond donors (Lipinski definition) is 0. The van der Waals surface area contributed by atoms with Gasteiger partial charge in [0, 0.05) is 11.0 Å². The zero-order chi connectivity index (χ0) is 12.6. The summed E-state index contributed by atoms with van der Waals surface area (Å²) in [6, 6.07) is 5.03.